The third-order valence-electron chi connectivity index (χ3n) is 2.46. The molecule has 0 radical (unpaired) electrons. The van der Waals surface area contributed by atoms with Crippen molar-refractivity contribution >= 4 is 23.3 Å². The Kier molecular flexibility index (Phi) is 3.60. The fourth-order valence-corrected chi connectivity index (χ4v) is 1.51. The van der Waals surface area contributed by atoms with Gasteiger partial charge in [0.2, 0.25) is 0 Å². The second-order valence-electron chi connectivity index (χ2n) is 3.90. The number of hydrogen-bond donors (Lipinski definition) is 3. The Morgan fingerprint density at radius 3 is 2.55 bits per heavy atom. The molecule has 20 heavy (non-hydrogen) atoms. The molecule has 0 saturated carbocycles. The second kappa shape index (κ2) is 5.35. The number of amides is 1. The molecule has 0 bridgehead atoms. The largest absolute Gasteiger partial charge is 0.477 e. The van der Waals surface area contributed by atoms with Crippen molar-refractivity contribution in [1.82, 2.24) is 4.98 Å². The number of carboxylic acid groups (broad SMARTS) is 1. The molecule has 0 aliphatic heterocycles. The average Bonchev–Trinajstić information content (AvgIpc) is 2.42. The van der Waals surface area contributed by atoms with Crippen LogP contribution in [0.5, 0.6) is 0 Å². The summed E-state index contributed by atoms with van der Waals surface area (Å²) >= 11 is 0. The van der Waals surface area contributed by atoms with Crippen LogP contribution in [0.2, 0.25) is 0 Å². The summed E-state index contributed by atoms with van der Waals surface area (Å²) in [5.41, 5.74) is 5.52. The number of carbonyl (C=O) groups excluding carboxylic acids is 1. The highest BCUT2D eigenvalue weighted by molar-refractivity contribution is 6.04. The first kappa shape index (κ1) is 13.5. The molecule has 1 heterocycles. The van der Waals surface area contributed by atoms with Crippen LogP contribution in [-0.4, -0.2) is 22.0 Å². The topological polar surface area (TPSA) is 105 Å². The third-order valence-corrected chi connectivity index (χ3v) is 2.46. The lowest BCUT2D eigenvalue weighted by Crippen LogP contribution is -2.16. The van der Waals surface area contributed by atoms with E-state index in [0.29, 0.717) is 0 Å². The molecule has 1 aromatic carbocycles. The third kappa shape index (κ3) is 2.89. The lowest BCUT2D eigenvalue weighted by Gasteiger charge is -2.08. The van der Waals surface area contributed by atoms with Gasteiger partial charge < -0.3 is 16.2 Å². The van der Waals surface area contributed by atoms with Crippen LogP contribution in [0.3, 0.4) is 0 Å². The molecule has 0 aliphatic rings. The van der Waals surface area contributed by atoms with E-state index in [1.54, 1.807) is 0 Å². The van der Waals surface area contributed by atoms with Crippen molar-refractivity contribution in [1.29, 1.82) is 0 Å². The first-order valence-electron chi connectivity index (χ1n) is 5.54. The van der Waals surface area contributed by atoms with Gasteiger partial charge in [0.1, 0.15) is 17.2 Å². The van der Waals surface area contributed by atoms with Crippen molar-refractivity contribution in [3.8, 4) is 0 Å². The van der Waals surface area contributed by atoms with E-state index in [4.69, 9.17) is 10.8 Å². The minimum Gasteiger partial charge on any atom is -0.477 e. The molecule has 7 heteroatoms. The van der Waals surface area contributed by atoms with E-state index in [1.165, 1.54) is 24.3 Å². The molecule has 2 rings (SSSR count). The molecule has 102 valence electrons. The lowest BCUT2D eigenvalue weighted by molar-refractivity contribution is 0.0690. The van der Waals surface area contributed by atoms with Gasteiger partial charge in [0, 0.05) is 0 Å². The van der Waals surface area contributed by atoms with E-state index in [9.17, 15) is 14.0 Å². The van der Waals surface area contributed by atoms with Crippen LogP contribution in [0.25, 0.3) is 0 Å². The fourth-order valence-electron chi connectivity index (χ4n) is 1.51. The number of pyridine rings is 1. The summed E-state index contributed by atoms with van der Waals surface area (Å²) in [6.45, 7) is 0. The van der Waals surface area contributed by atoms with Gasteiger partial charge in [0.15, 0.2) is 0 Å². The Hall–Kier alpha value is -2.96. The smallest absolute Gasteiger partial charge is 0.354 e. The molecule has 6 nitrogen and oxygen atoms in total. The van der Waals surface area contributed by atoms with Crippen LogP contribution in [-0.2, 0) is 0 Å². The zero-order valence-corrected chi connectivity index (χ0v) is 10.1. The zero-order valence-electron chi connectivity index (χ0n) is 10.1. The van der Waals surface area contributed by atoms with E-state index in [1.807, 2.05) is 0 Å². The van der Waals surface area contributed by atoms with E-state index >= 15 is 0 Å². The predicted molar refractivity (Wildman–Crippen MR) is 70.0 cm³/mol. The SMILES string of the molecule is Nc1cc(F)ccc1NC(=O)c1cccc(C(=O)O)n1. The minimum atomic E-state index is -1.24. The van der Waals surface area contributed by atoms with Gasteiger partial charge in [0.25, 0.3) is 5.91 Å². The molecule has 0 saturated heterocycles. The summed E-state index contributed by atoms with van der Waals surface area (Å²) in [4.78, 5) is 26.4. The standard InChI is InChI=1S/C13H10FN3O3/c14-7-4-5-9(8(15)6-7)17-12(18)10-2-1-3-11(16-10)13(19)20/h1-6H,15H2,(H,17,18)(H,19,20). The summed E-state index contributed by atoms with van der Waals surface area (Å²) < 4.78 is 12.9. The Balaban J connectivity index is 2.24. The van der Waals surface area contributed by atoms with Crippen LogP contribution in [0, 0.1) is 5.82 Å². The summed E-state index contributed by atoms with van der Waals surface area (Å²) in [5.74, 6) is -2.39. The number of nitrogens with two attached hydrogens (primary N) is 1. The molecule has 0 aliphatic carbocycles. The molecular weight excluding hydrogens is 265 g/mol. The molecule has 0 fully saturated rings. The quantitative estimate of drug-likeness (QED) is 0.740. The number of hydrogen-bond acceptors (Lipinski definition) is 4. The monoisotopic (exact) mass is 275 g/mol. The van der Waals surface area contributed by atoms with Crippen molar-refractivity contribution in [2.45, 2.75) is 0 Å². The fraction of sp³-hybridized carbons (Fsp3) is 0. The summed E-state index contributed by atoms with van der Waals surface area (Å²) in [6.07, 6.45) is 0. The number of nitrogens with zero attached hydrogens (tertiary/aromatic N) is 1. The number of nitrogens with one attached hydrogen (secondary N) is 1. The van der Waals surface area contributed by atoms with Gasteiger partial charge in [-0.3, -0.25) is 4.79 Å². The van der Waals surface area contributed by atoms with Crippen molar-refractivity contribution in [3.63, 3.8) is 0 Å². The molecule has 0 atom stereocenters. The normalized spacial score (nSPS) is 10.1. The number of carbonyl (C=O) groups is 2. The minimum absolute atomic E-state index is 0.0627. The van der Waals surface area contributed by atoms with Crippen LogP contribution in [0.15, 0.2) is 36.4 Å². The van der Waals surface area contributed by atoms with Gasteiger partial charge in [0.05, 0.1) is 11.4 Å². The second-order valence-corrected chi connectivity index (χ2v) is 3.90. The predicted octanol–water partition coefficient (Wildman–Crippen LogP) is 1.75. The highest BCUT2D eigenvalue weighted by atomic mass is 19.1. The van der Waals surface area contributed by atoms with Gasteiger partial charge in [-0.15, -0.1) is 0 Å². The highest BCUT2D eigenvalue weighted by Gasteiger charge is 2.12. The number of carboxylic acids is 1. The van der Waals surface area contributed by atoms with Crippen molar-refractivity contribution in [3.05, 3.63) is 53.6 Å². The first-order valence-corrected chi connectivity index (χ1v) is 5.54. The number of aromatic carboxylic acids is 1. The number of halogens is 1. The van der Waals surface area contributed by atoms with Crippen LogP contribution in [0.1, 0.15) is 21.0 Å². The molecule has 0 spiro atoms. The van der Waals surface area contributed by atoms with E-state index in [0.717, 1.165) is 12.1 Å². The number of rotatable bonds is 3. The molecule has 4 N–H and O–H groups in total. The summed E-state index contributed by atoms with van der Waals surface area (Å²) in [5, 5.41) is 11.2. The van der Waals surface area contributed by atoms with Gasteiger partial charge in [-0.25, -0.2) is 14.2 Å². The van der Waals surface area contributed by atoms with Gasteiger partial charge in [-0.05, 0) is 30.3 Å². The number of benzene rings is 1. The number of aromatic nitrogens is 1. The van der Waals surface area contributed by atoms with Crippen molar-refractivity contribution < 1.29 is 19.1 Å². The van der Waals surface area contributed by atoms with E-state index in [-0.39, 0.29) is 22.8 Å². The first-order chi connectivity index (χ1) is 9.47. The maximum absolute atomic E-state index is 12.9. The Bertz CT molecular complexity index is 688. The highest BCUT2D eigenvalue weighted by Crippen LogP contribution is 2.19. The number of anilines is 2. The molecule has 2 aromatic rings. The van der Waals surface area contributed by atoms with Crippen molar-refractivity contribution in [2.75, 3.05) is 11.1 Å². The molecule has 0 unspecified atom stereocenters. The van der Waals surface area contributed by atoms with Crippen LogP contribution >= 0.6 is 0 Å². The molecule has 1 amide bonds. The maximum Gasteiger partial charge on any atom is 0.354 e. The van der Waals surface area contributed by atoms with Crippen molar-refractivity contribution in [2.24, 2.45) is 0 Å². The Labute approximate surface area is 113 Å². The summed E-state index contributed by atoms with van der Waals surface area (Å²) in [6, 6.07) is 7.56. The molecular formula is C13H10FN3O3. The van der Waals surface area contributed by atoms with Gasteiger partial charge >= 0.3 is 5.97 Å². The lowest BCUT2D eigenvalue weighted by atomic mass is 10.2. The van der Waals surface area contributed by atoms with Crippen LogP contribution < -0.4 is 11.1 Å². The van der Waals surface area contributed by atoms with E-state index in [2.05, 4.69) is 10.3 Å². The average molecular weight is 275 g/mol. The molecule has 1 aromatic heterocycles. The van der Waals surface area contributed by atoms with Crippen LogP contribution in [0.4, 0.5) is 15.8 Å². The van der Waals surface area contributed by atoms with E-state index < -0.39 is 17.7 Å². The zero-order chi connectivity index (χ0) is 14.7. The summed E-state index contributed by atoms with van der Waals surface area (Å²) in [7, 11) is 0. The number of nitrogen functional groups attached to an aromatic ring is 1. The Morgan fingerprint density at radius 1 is 1.20 bits per heavy atom. The van der Waals surface area contributed by atoms with Gasteiger partial charge in [-0.2, -0.15) is 0 Å². The maximum atomic E-state index is 12.9. The Morgan fingerprint density at radius 2 is 1.90 bits per heavy atom. The van der Waals surface area contributed by atoms with Gasteiger partial charge in [-0.1, -0.05) is 6.07 Å².